The third-order valence-corrected chi connectivity index (χ3v) is 3.47. The molecule has 1 amide bonds. The van der Waals surface area contributed by atoms with Crippen LogP contribution in [0, 0.1) is 0 Å². The Balaban J connectivity index is 2.24. The van der Waals surface area contributed by atoms with E-state index in [0.29, 0.717) is 16.3 Å². The Kier molecular flexibility index (Phi) is 5.25. The zero-order valence-corrected chi connectivity index (χ0v) is 13.6. The second-order valence-electron chi connectivity index (χ2n) is 4.40. The number of nitrogens with zero attached hydrogens (tertiary/aromatic N) is 1. The summed E-state index contributed by atoms with van der Waals surface area (Å²) in [7, 11) is 1.47. The summed E-state index contributed by atoms with van der Waals surface area (Å²) in [6.45, 7) is 0. The Morgan fingerprint density at radius 3 is 2.74 bits per heavy atom. The van der Waals surface area contributed by atoms with Gasteiger partial charge in [0.25, 0.3) is 11.7 Å². The zero-order chi connectivity index (χ0) is 17.0. The van der Waals surface area contributed by atoms with Crippen LogP contribution >= 0.6 is 23.2 Å². The fraction of sp³-hybridized carbons (Fsp3) is 0.0714. The number of ether oxygens (including phenoxy) is 1. The highest BCUT2D eigenvalue weighted by molar-refractivity contribution is 6.36. The van der Waals surface area contributed by atoms with Crippen molar-refractivity contribution in [1.82, 2.24) is 5.43 Å². The number of benzene rings is 1. The fourth-order valence-corrected chi connectivity index (χ4v) is 2.32. The molecule has 23 heavy (non-hydrogen) atoms. The predicted octanol–water partition coefficient (Wildman–Crippen LogP) is 1.45. The lowest BCUT2D eigenvalue weighted by atomic mass is 10.2. The first-order valence-corrected chi connectivity index (χ1v) is 7.12. The van der Waals surface area contributed by atoms with Gasteiger partial charge in [0.05, 0.1) is 23.9 Å². The van der Waals surface area contributed by atoms with Crippen LogP contribution in [0.15, 0.2) is 35.6 Å². The minimum absolute atomic E-state index is 0.0189. The molecular weight excluding hydrogens is 341 g/mol. The molecule has 0 radical (unpaired) electrons. The average molecular weight is 355 g/mol. The quantitative estimate of drug-likeness (QED) is 0.437. The lowest BCUT2D eigenvalue weighted by Crippen LogP contribution is -2.27. The van der Waals surface area contributed by atoms with Gasteiger partial charge in [-0.1, -0.05) is 23.2 Å². The molecule has 0 aliphatic heterocycles. The number of aromatic amines is 1. The van der Waals surface area contributed by atoms with Crippen LogP contribution in [-0.4, -0.2) is 18.9 Å². The summed E-state index contributed by atoms with van der Waals surface area (Å²) in [5, 5.41) is 4.45. The molecule has 0 fully saturated rings. The van der Waals surface area contributed by atoms with Gasteiger partial charge in [-0.05, 0) is 18.2 Å². The van der Waals surface area contributed by atoms with E-state index in [9.17, 15) is 4.79 Å². The predicted molar refractivity (Wildman–Crippen MR) is 88.6 cm³/mol. The Morgan fingerprint density at radius 2 is 2.09 bits per heavy atom. The van der Waals surface area contributed by atoms with Gasteiger partial charge in [-0.3, -0.25) is 10.5 Å². The maximum absolute atomic E-state index is 12.1. The largest absolute Gasteiger partial charge is 0.496 e. The van der Waals surface area contributed by atoms with Gasteiger partial charge in [0.1, 0.15) is 11.3 Å². The number of halogens is 2. The third-order valence-electron chi connectivity index (χ3n) is 2.92. The number of carbonyl (C=O) groups excluding carboxylic acids is 1. The number of aromatic nitrogens is 1. The van der Waals surface area contributed by atoms with Gasteiger partial charge < -0.3 is 10.5 Å². The molecule has 0 saturated heterocycles. The monoisotopic (exact) mass is 354 g/mol. The first-order valence-electron chi connectivity index (χ1n) is 6.37. The number of hydrogen-bond donors (Lipinski definition) is 3. The van der Waals surface area contributed by atoms with Crippen LogP contribution in [0.5, 0.6) is 5.75 Å². The van der Waals surface area contributed by atoms with Crippen LogP contribution < -0.4 is 26.6 Å². The van der Waals surface area contributed by atoms with Crippen molar-refractivity contribution in [1.29, 1.82) is 0 Å². The maximum atomic E-state index is 12.1. The summed E-state index contributed by atoms with van der Waals surface area (Å²) in [5.41, 5.74) is 14.5. The van der Waals surface area contributed by atoms with E-state index in [1.54, 1.807) is 18.3 Å². The van der Waals surface area contributed by atoms with Crippen LogP contribution in [0.2, 0.25) is 10.0 Å². The molecule has 7 nitrogen and oxygen atoms in total. The van der Waals surface area contributed by atoms with E-state index in [0.717, 1.165) is 0 Å². The summed E-state index contributed by atoms with van der Waals surface area (Å²) in [5.74, 6) is 0.118. The summed E-state index contributed by atoms with van der Waals surface area (Å²) in [6.07, 6.45) is 1.59. The fourth-order valence-electron chi connectivity index (χ4n) is 1.83. The zero-order valence-electron chi connectivity index (χ0n) is 12.1. The van der Waals surface area contributed by atoms with E-state index >= 15 is 0 Å². The number of anilines is 1. The van der Waals surface area contributed by atoms with E-state index in [2.05, 4.69) is 15.5 Å². The van der Waals surface area contributed by atoms with Crippen molar-refractivity contribution in [3.05, 3.63) is 51.6 Å². The number of amides is 1. The molecule has 0 saturated carbocycles. The molecule has 1 aromatic heterocycles. The molecule has 0 aliphatic carbocycles. The van der Waals surface area contributed by atoms with Crippen LogP contribution in [0.3, 0.4) is 0 Å². The highest BCUT2D eigenvalue weighted by Crippen LogP contribution is 2.21. The first kappa shape index (κ1) is 16.9. The number of carbonyl (C=O) groups is 1. The number of methoxy groups -OCH3 is 1. The van der Waals surface area contributed by atoms with Crippen LogP contribution in [0.4, 0.5) is 5.82 Å². The van der Waals surface area contributed by atoms with Crippen molar-refractivity contribution in [2.24, 2.45) is 10.8 Å². The lowest BCUT2D eigenvalue weighted by Gasteiger charge is -2.07. The molecule has 0 bridgehead atoms. The first-order chi connectivity index (χ1) is 10.9. The highest BCUT2D eigenvalue weighted by atomic mass is 35.5. The molecule has 9 heteroatoms. The molecule has 2 aromatic rings. The van der Waals surface area contributed by atoms with E-state index in [1.807, 2.05) is 0 Å². The lowest BCUT2D eigenvalue weighted by molar-refractivity contribution is -0.360. The summed E-state index contributed by atoms with van der Waals surface area (Å²) in [4.78, 5) is 14.9. The number of nitrogens with one attached hydrogen (secondary N) is 2. The van der Waals surface area contributed by atoms with Gasteiger partial charge in [0.15, 0.2) is 5.84 Å². The van der Waals surface area contributed by atoms with E-state index in [4.69, 9.17) is 39.4 Å². The van der Waals surface area contributed by atoms with E-state index in [1.165, 1.54) is 19.2 Å². The third kappa shape index (κ3) is 3.82. The summed E-state index contributed by atoms with van der Waals surface area (Å²) < 4.78 is 5.16. The van der Waals surface area contributed by atoms with Gasteiger partial charge in [0.2, 0.25) is 0 Å². The van der Waals surface area contributed by atoms with E-state index in [-0.39, 0.29) is 22.2 Å². The minimum atomic E-state index is -0.535. The molecule has 0 atom stereocenters. The molecule has 0 spiro atoms. The van der Waals surface area contributed by atoms with Gasteiger partial charge in [-0.25, -0.2) is 10.4 Å². The molecule has 0 unspecified atom stereocenters. The molecule has 1 heterocycles. The van der Waals surface area contributed by atoms with Crippen molar-refractivity contribution in [3.8, 4) is 5.75 Å². The number of nitrogen functional groups attached to an aromatic ring is 1. The molecule has 2 rings (SSSR count). The second-order valence-corrected chi connectivity index (χ2v) is 5.24. The average Bonchev–Trinajstić information content (AvgIpc) is 2.51. The highest BCUT2D eigenvalue weighted by Gasteiger charge is 2.17. The Hall–Kier alpha value is -2.51. The number of pyridine rings is 1. The molecule has 6 N–H and O–H groups in total. The van der Waals surface area contributed by atoms with Gasteiger partial charge in [-0.2, -0.15) is 5.10 Å². The van der Waals surface area contributed by atoms with Gasteiger partial charge in [0, 0.05) is 11.1 Å². The number of hydrazone groups is 1. The topological polar surface area (TPSA) is 117 Å². The number of hydrogen-bond acceptors (Lipinski definition) is 4. The summed E-state index contributed by atoms with van der Waals surface area (Å²) in [6, 6.07) is 6.11. The van der Waals surface area contributed by atoms with Crippen LogP contribution in [0.25, 0.3) is 0 Å². The normalized spacial score (nSPS) is 11.2. The summed E-state index contributed by atoms with van der Waals surface area (Å²) >= 11 is 11.7. The minimum Gasteiger partial charge on any atom is -0.496 e. The molecule has 0 aliphatic rings. The van der Waals surface area contributed by atoms with Gasteiger partial charge in [-0.15, -0.1) is 0 Å². The van der Waals surface area contributed by atoms with Crippen LogP contribution in [-0.2, 0) is 0 Å². The Bertz CT molecular complexity index is 780. The number of H-pyrrole nitrogens is 1. The smallest absolute Gasteiger partial charge is 0.285 e. The molecule has 1 aromatic carbocycles. The van der Waals surface area contributed by atoms with Crippen LogP contribution in [0.1, 0.15) is 15.9 Å². The van der Waals surface area contributed by atoms with Crippen molar-refractivity contribution >= 4 is 40.8 Å². The standard InChI is InChI=1S/C14H13Cl2N5O2/c1-23-10-4-5-19-12(17)11(10)13(18)20-21-14(22)8-3-2-7(15)6-9(8)16/h2-6H,1H3,(H2,17,19)(H2,18,20)(H,21,22)/p+1. The number of nitrogens with two attached hydrogens (primary N) is 2. The van der Waals surface area contributed by atoms with E-state index < -0.39 is 5.91 Å². The van der Waals surface area contributed by atoms with Crippen molar-refractivity contribution in [2.75, 3.05) is 12.8 Å². The number of amidine groups is 1. The van der Waals surface area contributed by atoms with Crippen molar-refractivity contribution < 1.29 is 14.5 Å². The molecule has 120 valence electrons. The number of rotatable bonds is 4. The Labute approximate surface area is 142 Å². The Morgan fingerprint density at radius 1 is 1.35 bits per heavy atom. The molecular formula is C14H14Cl2N5O2+. The maximum Gasteiger partial charge on any atom is 0.285 e. The van der Waals surface area contributed by atoms with Crippen molar-refractivity contribution in [2.45, 2.75) is 0 Å². The van der Waals surface area contributed by atoms with Crippen molar-refractivity contribution in [3.63, 3.8) is 0 Å². The SMILES string of the molecule is COc1cc[nH+]c(N)c1C(N)=NNC(=O)c1ccc(Cl)cc1Cl. The second kappa shape index (κ2) is 7.17. The van der Waals surface area contributed by atoms with Gasteiger partial charge >= 0.3 is 0 Å².